The number of hydrogen-bond acceptors (Lipinski definition) is 4. The second kappa shape index (κ2) is 13.5. The molecule has 5 nitrogen and oxygen atoms in total. The lowest BCUT2D eigenvalue weighted by molar-refractivity contribution is 0.407. The number of aromatic nitrogens is 1. The summed E-state index contributed by atoms with van der Waals surface area (Å²) in [6, 6.07) is 9.48. The fourth-order valence-corrected chi connectivity index (χ4v) is 2.86. The average Bonchev–Trinajstić information content (AvgIpc) is 2.64. The molecule has 1 heterocycles. The molecule has 0 radical (unpaired) electrons. The van der Waals surface area contributed by atoms with E-state index >= 15 is 0 Å². The molecule has 152 valence electrons. The van der Waals surface area contributed by atoms with E-state index in [1.54, 1.807) is 20.2 Å². The van der Waals surface area contributed by atoms with Crippen molar-refractivity contribution in [2.45, 2.75) is 45.7 Å². The summed E-state index contributed by atoms with van der Waals surface area (Å²) in [5.41, 5.74) is 1.51. The summed E-state index contributed by atoms with van der Waals surface area (Å²) >= 11 is 0. The summed E-state index contributed by atoms with van der Waals surface area (Å²) in [7, 11) is 1.70. The summed E-state index contributed by atoms with van der Waals surface area (Å²) in [6.45, 7) is 4.41. The minimum absolute atomic E-state index is 0. The van der Waals surface area contributed by atoms with Gasteiger partial charge in [-0.25, -0.2) is 0 Å². The predicted octanol–water partition coefficient (Wildman–Crippen LogP) is 4.06. The quantitative estimate of drug-likeness (QED) is 0.573. The maximum atomic E-state index is 11.3. The summed E-state index contributed by atoms with van der Waals surface area (Å²) in [5.74, 6) is 0.790. The molecule has 0 aliphatic heterocycles. The second-order valence-electron chi connectivity index (χ2n) is 6.21. The monoisotopic (exact) mass is 416 g/mol. The van der Waals surface area contributed by atoms with Crippen molar-refractivity contribution in [3.8, 4) is 11.5 Å². The van der Waals surface area contributed by atoms with E-state index in [0.29, 0.717) is 5.69 Å². The minimum atomic E-state index is -0.310. The first-order valence-corrected chi connectivity index (χ1v) is 8.85. The number of nitrogens with one attached hydrogen (secondary N) is 1. The van der Waals surface area contributed by atoms with Crippen LogP contribution < -0.4 is 15.5 Å². The highest BCUT2D eigenvalue weighted by molar-refractivity contribution is 5.85. The van der Waals surface area contributed by atoms with Crippen molar-refractivity contribution in [3.05, 3.63) is 58.0 Å². The van der Waals surface area contributed by atoms with Gasteiger partial charge in [-0.3, -0.25) is 4.79 Å². The highest BCUT2D eigenvalue weighted by atomic mass is 35.5. The highest BCUT2D eigenvalue weighted by Crippen LogP contribution is 2.16. The van der Waals surface area contributed by atoms with E-state index in [4.69, 9.17) is 4.74 Å². The third-order valence-electron chi connectivity index (χ3n) is 4.42. The molecule has 0 aliphatic carbocycles. The largest absolute Gasteiger partial charge is 0.503 e. The zero-order valence-corrected chi connectivity index (χ0v) is 17.6. The number of rotatable bonds is 10. The van der Waals surface area contributed by atoms with Crippen molar-refractivity contribution < 1.29 is 9.84 Å². The summed E-state index contributed by atoms with van der Waals surface area (Å²) in [4.78, 5) is 11.3. The summed E-state index contributed by atoms with van der Waals surface area (Å²) < 4.78 is 7.28. The van der Waals surface area contributed by atoms with Crippen LogP contribution in [0.4, 0.5) is 0 Å². The van der Waals surface area contributed by atoms with Gasteiger partial charge in [0.2, 0.25) is 5.43 Å². The van der Waals surface area contributed by atoms with Crippen LogP contribution in [0.25, 0.3) is 0 Å². The van der Waals surface area contributed by atoms with Gasteiger partial charge in [-0.05, 0) is 32.4 Å². The third-order valence-corrected chi connectivity index (χ3v) is 4.42. The van der Waals surface area contributed by atoms with Crippen LogP contribution >= 0.6 is 24.8 Å². The lowest BCUT2D eigenvalue weighted by Gasteiger charge is -2.11. The molecular formula is C20H30Cl2N2O3. The van der Waals surface area contributed by atoms with Crippen LogP contribution in [0.3, 0.4) is 0 Å². The molecule has 0 atom stereocenters. The molecule has 2 aromatic rings. The first-order valence-electron chi connectivity index (χ1n) is 8.85. The molecule has 0 spiro atoms. The number of unbranched alkanes of at least 4 members (excludes halogenated alkanes) is 3. The van der Waals surface area contributed by atoms with Crippen molar-refractivity contribution in [3.63, 3.8) is 0 Å². The Kier molecular flexibility index (Phi) is 12.6. The van der Waals surface area contributed by atoms with E-state index in [0.717, 1.165) is 51.1 Å². The van der Waals surface area contributed by atoms with Gasteiger partial charge in [0.05, 0.1) is 12.8 Å². The highest BCUT2D eigenvalue weighted by Gasteiger charge is 2.04. The molecule has 2 N–H and O–H groups in total. The number of methoxy groups -OCH3 is 1. The zero-order chi connectivity index (χ0) is 18.1. The number of halogens is 2. The zero-order valence-electron chi connectivity index (χ0n) is 15.9. The molecule has 2 rings (SSSR count). The molecule has 0 amide bonds. The van der Waals surface area contributed by atoms with Gasteiger partial charge in [-0.15, -0.1) is 24.8 Å². The third kappa shape index (κ3) is 7.83. The van der Waals surface area contributed by atoms with Crippen LogP contribution in [0.1, 0.15) is 36.9 Å². The Morgan fingerprint density at radius 3 is 2.52 bits per heavy atom. The van der Waals surface area contributed by atoms with Crippen LogP contribution in [-0.2, 0) is 13.1 Å². The minimum Gasteiger partial charge on any atom is -0.503 e. The Morgan fingerprint density at radius 2 is 1.78 bits per heavy atom. The Labute approximate surface area is 173 Å². The molecule has 0 saturated heterocycles. The topological polar surface area (TPSA) is 63.5 Å². The summed E-state index contributed by atoms with van der Waals surface area (Å²) in [5, 5.41) is 13.1. The van der Waals surface area contributed by atoms with Crippen LogP contribution in [0.15, 0.2) is 41.3 Å². The maximum Gasteiger partial charge on any atom is 0.223 e. The smallest absolute Gasteiger partial charge is 0.223 e. The molecular weight excluding hydrogens is 387 g/mol. The van der Waals surface area contributed by atoms with Crippen molar-refractivity contribution >= 4 is 24.8 Å². The molecule has 0 saturated carbocycles. The number of nitrogens with zero attached hydrogens (tertiary/aromatic N) is 1. The molecule has 0 unspecified atom stereocenters. The second-order valence-corrected chi connectivity index (χ2v) is 6.21. The van der Waals surface area contributed by atoms with Gasteiger partial charge in [0, 0.05) is 30.9 Å². The van der Waals surface area contributed by atoms with Gasteiger partial charge in [0.25, 0.3) is 0 Å². The van der Waals surface area contributed by atoms with Gasteiger partial charge >= 0.3 is 0 Å². The molecule has 1 aromatic heterocycles. The van der Waals surface area contributed by atoms with Crippen LogP contribution in [-0.4, -0.2) is 23.3 Å². The van der Waals surface area contributed by atoms with E-state index in [1.165, 1.54) is 11.6 Å². The van der Waals surface area contributed by atoms with Gasteiger partial charge in [0.15, 0.2) is 5.75 Å². The fourth-order valence-electron chi connectivity index (χ4n) is 2.86. The molecule has 1 aromatic carbocycles. The van der Waals surface area contributed by atoms with E-state index in [9.17, 15) is 9.90 Å². The molecule has 0 fully saturated rings. The van der Waals surface area contributed by atoms with Gasteiger partial charge in [-0.1, -0.05) is 31.0 Å². The Morgan fingerprint density at radius 1 is 1.07 bits per heavy atom. The van der Waals surface area contributed by atoms with Gasteiger partial charge in [-0.2, -0.15) is 0 Å². The first kappa shape index (κ1) is 25.3. The SMILES string of the molecule is COc1ccccc1CNCCCCCCn1ccc(=O)c(O)c1C.Cl.Cl. The van der Waals surface area contributed by atoms with Gasteiger partial charge in [0.1, 0.15) is 5.75 Å². The van der Waals surface area contributed by atoms with Crippen molar-refractivity contribution in [2.24, 2.45) is 0 Å². The number of aromatic hydroxyl groups is 1. The van der Waals surface area contributed by atoms with Crippen molar-refractivity contribution in [1.29, 1.82) is 0 Å². The van der Waals surface area contributed by atoms with Crippen LogP contribution in [0.2, 0.25) is 0 Å². The lowest BCUT2D eigenvalue weighted by Crippen LogP contribution is -2.15. The Balaban J connectivity index is 0.00000338. The number of para-hydroxylation sites is 1. The fraction of sp³-hybridized carbons (Fsp3) is 0.450. The normalized spacial score (nSPS) is 10.0. The maximum absolute atomic E-state index is 11.3. The Bertz CT molecular complexity index is 735. The van der Waals surface area contributed by atoms with E-state index in [2.05, 4.69) is 11.4 Å². The Hall–Kier alpha value is -1.69. The average molecular weight is 417 g/mol. The van der Waals surface area contributed by atoms with E-state index < -0.39 is 0 Å². The van der Waals surface area contributed by atoms with Crippen LogP contribution in [0, 0.1) is 6.92 Å². The van der Waals surface area contributed by atoms with E-state index in [1.807, 2.05) is 22.8 Å². The number of hydrogen-bond donors (Lipinski definition) is 2. The number of ether oxygens (including phenoxy) is 1. The van der Waals surface area contributed by atoms with Crippen molar-refractivity contribution in [2.75, 3.05) is 13.7 Å². The predicted molar refractivity (Wildman–Crippen MR) is 115 cm³/mol. The molecule has 0 aliphatic rings. The summed E-state index contributed by atoms with van der Waals surface area (Å²) in [6.07, 6.45) is 6.21. The molecule has 7 heteroatoms. The molecule has 27 heavy (non-hydrogen) atoms. The van der Waals surface area contributed by atoms with Gasteiger partial charge < -0.3 is 19.7 Å². The first-order chi connectivity index (χ1) is 12.1. The lowest BCUT2D eigenvalue weighted by atomic mass is 10.1. The number of pyridine rings is 1. The number of aryl methyl sites for hydroxylation is 1. The standard InChI is InChI=1S/C20H28N2O3.2ClH/c1-16-20(24)18(23)11-14-22(16)13-8-4-3-7-12-21-15-17-9-5-6-10-19(17)25-2;;/h5-6,9-11,14,21,24H,3-4,7-8,12-13,15H2,1-2H3;2*1H. The van der Waals surface area contributed by atoms with Crippen LogP contribution in [0.5, 0.6) is 11.5 Å². The molecule has 0 bridgehead atoms. The number of benzene rings is 1. The van der Waals surface area contributed by atoms with E-state index in [-0.39, 0.29) is 36.0 Å². The van der Waals surface area contributed by atoms with Crippen molar-refractivity contribution in [1.82, 2.24) is 9.88 Å².